The molecule has 150 valence electrons. The predicted molar refractivity (Wildman–Crippen MR) is 98.5 cm³/mol. The number of H-pyrrole nitrogens is 1. The number of primary amides is 1. The molecule has 7 N–H and O–H groups in total. The highest BCUT2D eigenvalue weighted by Crippen LogP contribution is 2.61. The van der Waals surface area contributed by atoms with Gasteiger partial charge in [-0.25, -0.2) is 0 Å². The van der Waals surface area contributed by atoms with Crippen LogP contribution in [-0.2, 0) is 20.8 Å². The highest BCUT2D eigenvalue weighted by atomic mass is 16.3. The molecule has 0 saturated carbocycles. The lowest BCUT2D eigenvalue weighted by molar-refractivity contribution is -0.130. The third-order valence-corrected chi connectivity index (χ3v) is 6.70. The molecule has 2 aromatic rings. The van der Waals surface area contributed by atoms with E-state index < -0.39 is 46.1 Å². The number of aliphatic hydroxyl groups excluding tert-OH is 1. The molecule has 2 unspecified atom stereocenters. The fourth-order valence-electron chi connectivity index (χ4n) is 5.30. The number of ketones is 1. The molecule has 0 radical (unpaired) electrons. The summed E-state index contributed by atoms with van der Waals surface area (Å²) in [5.41, 5.74) is 2.82. The lowest BCUT2D eigenvalue weighted by Crippen LogP contribution is -2.51. The number of phenolic OH excluding ortho intramolecular Hbond substituents is 1. The van der Waals surface area contributed by atoms with Gasteiger partial charge < -0.3 is 26.2 Å². The molecule has 0 saturated heterocycles. The number of carbonyl (C=O) groups is 2. The molecule has 9 heteroatoms. The third kappa shape index (κ3) is 1.93. The number of nitrogens with zero attached hydrogens (tertiary/aromatic N) is 1. The first-order valence-corrected chi connectivity index (χ1v) is 9.23. The van der Waals surface area contributed by atoms with Gasteiger partial charge >= 0.3 is 0 Å². The number of Topliss-reactive ketones (excluding diaryl/α,β-unsaturated/α-hetero) is 1. The Kier molecular flexibility index (Phi) is 3.24. The number of hydrogen-bond acceptors (Lipinski definition) is 7. The van der Waals surface area contributed by atoms with Crippen molar-refractivity contribution in [3.8, 4) is 17.0 Å². The van der Waals surface area contributed by atoms with Crippen LogP contribution in [0.4, 0.5) is 0 Å². The van der Waals surface area contributed by atoms with E-state index in [4.69, 9.17) is 5.73 Å². The highest BCUT2D eigenvalue weighted by Gasteiger charge is 2.60. The molecule has 9 nitrogen and oxygen atoms in total. The molecule has 3 aliphatic carbocycles. The van der Waals surface area contributed by atoms with Crippen molar-refractivity contribution in [3.63, 3.8) is 0 Å². The van der Waals surface area contributed by atoms with Crippen LogP contribution in [-0.4, -0.2) is 42.3 Å². The van der Waals surface area contributed by atoms with Gasteiger partial charge in [-0.15, -0.1) is 0 Å². The summed E-state index contributed by atoms with van der Waals surface area (Å²) < 4.78 is 0. The van der Waals surface area contributed by atoms with Gasteiger partial charge in [0.15, 0.2) is 11.4 Å². The van der Waals surface area contributed by atoms with Crippen molar-refractivity contribution in [2.75, 3.05) is 0 Å². The maximum absolute atomic E-state index is 12.4. The summed E-state index contributed by atoms with van der Waals surface area (Å²) in [5, 5.41) is 51.0. The van der Waals surface area contributed by atoms with Gasteiger partial charge in [0.1, 0.15) is 22.8 Å². The van der Waals surface area contributed by atoms with Crippen LogP contribution in [0.25, 0.3) is 11.3 Å². The number of carbonyl (C=O) groups excluding carboxylic acids is 2. The summed E-state index contributed by atoms with van der Waals surface area (Å²) in [6, 6.07) is 4.79. The van der Waals surface area contributed by atoms with Gasteiger partial charge in [-0.3, -0.25) is 14.7 Å². The molecule has 1 aromatic heterocycles. The number of phenols is 1. The van der Waals surface area contributed by atoms with E-state index >= 15 is 0 Å². The van der Waals surface area contributed by atoms with Gasteiger partial charge in [0.2, 0.25) is 0 Å². The largest absolute Gasteiger partial charge is 0.508 e. The van der Waals surface area contributed by atoms with E-state index in [0.29, 0.717) is 22.4 Å². The maximum Gasteiger partial charge on any atom is 0.255 e. The first-order chi connectivity index (χ1) is 13.6. The Bertz CT molecular complexity index is 1150. The van der Waals surface area contributed by atoms with Crippen LogP contribution in [0.2, 0.25) is 0 Å². The Balaban J connectivity index is 1.85. The van der Waals surface area contributed by atoms with Crippen molar-refractivity contribution in [2.24, 2.45) is 11.7 Å². The van der Waals surface area contributed by atoms with E-state index in [1.165, 1.54) is 6.07 Å². The van der Waals surface area contributed by atoms with Crippen molar-refractivity contribution < 1.29 is 30.0 Å². The number of fused-ring (bicyclic) bond motifs is 4. The molecular formula is C20H19N3O6. The maximum atomic E-state index is 12.4. The van der Waals surface area contributed by atoms with Gasteiger partial charge in [-0.05, 0) is 25.0 Å². The second-order valence-corrected chi connectivity index (χ2v) is 8.17. The minimum Gasteiger partial charge on any atom is -0.508 e. The van der Waals surface area contributed by atoms with Crippen molar-refractivity contribution in [1.29, 1.82) is 0 Å². The summed E-state index contributed by atoms with van der Waals surface area (Å²) in [4.78, 5) is 24.1. The Hall–Kier alpha value is -3.17. The molecule has 0 fully saturated rings. The number of aromatic amines is 1. The van der Waals surface area contributed by atoms with Gasteiger partial charge in [0, 0.05) is 23.8 Å². The van der Waals surface area contributed by atoms with Crippen LogP contribution in [0, 0.1) is 5.92 Å². The fraction of sp³-hybridized carbons (Fsp3) is 0.350. The fourth-order valence-corrected chi connectivity index (χ4v) is 5.30. The van der Waals surface area contributed by atoms with Crippen LogP contribution in [0.1, 0.15) is 42.5 Å². The molecule has 4 atom stereocenters. The average molecular weight is 397 g/mol. The number of aliphatic hydroxyl groups is 3. The number of amides is 1. The minimum atomic E-state index is -2.08. The molecule has 0 spiro atoms. The number of benzene rings is 1. The molecular weight excluding hydrogens is 378 g/mol. The standard InChI is InChI=1S/C20H19N3O6/c1-19(28)8-3-2-4-10(24)12(8)15-13-9(19)5-7-6-11(25)14(18(21)27)17(26)20(7,29)16(13)23-22-15/h2-4,7,9,24,26,28-29H,5-6H2,1H3,(H2,21,27)(H,22,23)/t7?,9?,19-,20+/m1/s1. The first kappa shape index (κ1) is 17.9. The highest BCUT2D eigenvalue weighted by molar-refractivity contribution is 6.20. The molecule has 1 amide bonds. The van der Waals surface area contributed by atoms with E-state index in [1.807, 2.05) is 0 Å². The van der Waals surface area contributed by atoms with Crippen LogP contribution in [0.15, 0.2) is 29.5 Å². The van der Waals surface area contributed by atoms with E-state index in [1.54, 1.807) is 19.1 Å². The molecule has 0 bridgehead atoms. The molecule has 29 heavy (non-hydrogen) atoms. The number of aromatic hydroxyl groups is 1. The summed E-state index contributed by atoms with van der Waals surface area (Å²) in [5.74, 6) is -4.01. The molecule has 3 aliphatic rings. The summed E-state index contributed by atoms with van der Waals surface area (Å²) in [6.45, 7) is 1.61. The lowest BCUT2D eigenvalue weighted by Gasteiger charge is -2.49. The van der Waals surface area contributed by atoms with Gasteiger partial charge in [0.25, 0.3) is 5.91 Å². The third-order valence-electron chi connectivity index (χ3n) is 6.70. The Morgan fingerprint density at radius 1 is 1.31 bits per heavy atom. The van der Waals surface area contributed by atoms with E-state index in [2.05, 4.69) is 10.2 Å². The summed E-state index contributed by atoms with van der Waals surface area (Å²) in [6.07, 6.45) is -0.0634. The second-order valence-electron chi connectivity index (χ2n) is 8.17. The Labute approximate surface area is 164 Å². The van der Waals surface area contributed by atoms with E-state index in [0.717, 1.165) is 0 Å². The Morgan fingerprint density at radius 3 is 2.72 bits per heavy atom. The molecule has 5 rings (SSSR count). The SMILES string of the molecule is C[C@@]1(O)c2cccc(O)c2-c2n[nH]c3c2C1CC1CC(=O)C(C(N)=O)=C(O)[C@@]31O. The van der Waals surface area contributed by atoms with Gasteiger partial charge in [0.05, 0.1) is 16.9 Å². The number of hydrogen-bond donors (Lipinski definition) is 6. The summed E-state index contributed by atoms with van der Waals surface area (Å²) in [7, 11) is 0. The molecule has 0 aliphatic heterocycles. The second kappa shape index (κ2) is 5.25. The smallest absolute Gasteiger partial charge is 0.255 e. The normalized spacial score (nSPS) is 32.4. The monoisotopic (exact) mass is 397 g/mol. The van der Waals surface area contributed by atoms with Crippen LogP contribution in [0.5, 0.6) is 5.75 Å². The van der Waals surface area contributed by atoms with Crippen LogP contribution >= 0.6 is 0 Å². The van der Waals surface area contributed by atoms with Gasteiger partial charge in [-0.1, -0.05) is 12.1 Å². The van der Waals surface area contributed by atoms with E-state index in [9.17, 15) is 30.0 Å². The zero-order valence-corrected chi connectivity index (χ0v) is 15.4. The Morgan fingerprint density at radius 2 is 2.03 bits per heavy atom. The van der Waals surface area contributed by atoms with Crippen LogP contribution < -0.4 is 5.73 Å². The quantitative estimate of drug-likeness (QED) is 0.382. The van der Waals surface area contributed by atoms with Gasteiger partial charge in [-0.2, -0.15) is 5.10 Å². The topological polar surface area (TPSA) is 170 Å². The van der Waals surface area contributed by atoms with Crippen molar-refractivity contribution >= 4 is 11.7 Å². The zero-order chi connectivity index (χ0) is 20.9. The zero-order valence-electron chi connectivity index (χ0n) is 15.4. The number of aromatic nitrogens is 2. The summed E-state index contributed by atoms with van der Waals surface area (Å²) >= 11 is 0. The predicted octanol–water partition coefficient (Wildman–Crippen LogP) is 0.565. The van der Waals surface area contributed by atoms with Crippen molar-refractivity contribution in [3.05, 3.63) is 46.4 Å². The molecule has 1 aromatic carbocycles. The molecule has 1 heterocycles. The minimum absolute atomic E-state index is 0.0824. The average Bonchev–Trinajstić information content (AvgIpc) is 3.07. The number of rotatable bonds is 1. The first-order valence-electron chi connectivity index (χ1n) is 9.23. The van der Waals surface area contributed by atoms with Crippen molar-refractivity contribution in [2.45, 2.75) is 36.9 Å². The van der Waals surface area contributed by atoms with E-state index in [-0.39, 0.29) is 24.3 Å². The van der Waals surface area contributed by atoms with Crippen molar-refractivity contribution in [1.82, 2.24) is 10.2 Å². The van der Waals surface area contributed by atoms with Crippen LogP contribution in [0.3, 0.4) is 0 Å². The lowest BCUT2D eigenvalue weighted by atomic mass is 9.57. The number of nitrogens with two attached hydrogens (primary N) is 1. The number of nitrogens with one attached hydrogen (secondary N) is 1.